The summed E-state index contributed by atoms with van der Waals surface area (Å²) in [6.07, 6.45) is 11.8. The number of rotatable bonds is 6. The molecule has 0 amide bonds. The monoisotopic (exact) mass is 430 g/mol. The van der Waals surface area contributed by atoms with Crippen molar-refractivity contribution in [1.29, 1.82) is 0 Å². The third-order valence-corrected chi connectivity index (χ3v) is 10.3. The predicted octanol–water partition coefficient (Wildman–Crippen LogP) is 5.62. The van der Waals surface area contributed by atoms with Crippen molar-refractivity contribution in [3.63, 3.8) is 0 Å². The van der Waals surface area contributed by atoms with Crippen LogP contribution in [0.3, 0.4) is 0 Å². The molecule has 0 spiro atoms. The summed E-state index contributed by atoms with van der Waals surface area (Å²) in [6.45, 7) is 9.46. The van der Waals surface area contributed by atoms with Gasteiger partial charge in [0.05, 0.1) is 12.2 Å². The molecule has 4 aliphatic rings. The number of carbonyl (C=O) groups is 2. The van der Waals surface area contributed by atoms with Crippen molar-refractivity contribution in [1.82, 2.24) is 0 Å². The third kappa shape index (κ3) is 3.61. The van der Waals surface area contributed by atoms with E-state index in [0.29, 0.717) is 48.9 Å². The van der Waals surface area contributed by atoms with E-state index in [1.807, 2.05) is 13.0 Å². The quantitative estimate of drug-likeness (QED) is 0.439. The van der Waals surface area contributed by atoms with Gasteiger partial charge in [-0.1, -0.05) is 33.3 Å². The number of carbonyl (C=O) groups excluding carboxylic acids is 2. The maximum Gasteiger partial charge on any atom is 0.305 e. The molecule has 1 N–H and O–H groups in total. The van der Waals surface area contributed by atoms with Gasteiger partial charge in [0.15, 0.2) is 5.78 Å². The molecule has 31 heavy (non-hydrogen) atoms. The third-order valence-electron chi connectivity index (χ3n) is 10.3. The van der Waals surface area contributed by atoms with Gasteiger partial charge in [-0.15, -0.1) is 0 Å². The van der Waals surface area contributed by atoms with E-state index in [4.69, 9.17) is 4.74 Å². The zero-order chi connectivity index (χ0) is 22.4. The van der Waals surface area contributed by atoms with E-state index < -0.39 is 5.60 Å². The van der Waals surface area contributed by atoms with E-state index in [1.54, 1.807) is 0 Å². The summed E-state index contributed by atoms with van der Waals surface area (Å²) in [5.41, 5.74) is 0.854. The number of aliphatic hydroxyl groups is 1. The standard InChI is InChI=1S/C27H42O4/c1-5-7-24(29)31-15-6-12-27(30)14-11-22-21-9-8-19-17-20(28)16-18(2)26(19,4)23(21)10-13-25(22,27)3/h17-18,21-23,30H,5-16H2,1-4H3/t18?,21-,22-,23+,25-,26-,27?/m0/s1. The molecule has 0 bridgehead atoms. The summed E-state index contributed by atoms with van der Waals surface area (Å²) >= 11 is 0. The molecule has 7 atom stereocenters. The van der Waals surface area contributed by atoms with Crippen LogP contribution < -0.4 is 0 Å². The van der Waals surface area contributed by atoms with E-state index >= 15 is 0 Å². The molecule has 4 rings (SSSR count). The SMILES string of the molecule is CCCC(=O)OCCCC1(O)CC[C@H]2[C@@H]3CCC4=CC(=O)CC(C)[C@]4(C)[C@@H]3CC[C@@]21C. The van der Waals surface area contributed by atoms with Gasteiger partial charge in [0.1, 0.15) is 0 Å². The average Bonchev–Trinajstić information content (AvgIpc) is 2.98. The molecule has 3 fully saturated rings. The Morgan fingerprint density at radius 1 is 1.19 bits per heavy atom. The molecule has 0 heterocycles. The Morgan fingerprint density at radius 3 is 2.68 bits per heavy atom. The summed E-state index contributed by atoms with van der Waals surface area (Å²) in [6, 6.07) is 0. The van der Waals surface area contributed by atoms with Gasteiger partial charge in [0, 0.05) is 12.8 Å². The number of hydrogen-bond acceptors (Lipinski definition) is 4. The van der Waals surface area contributed by atoms with Crippen LogP contribution in [0.25, 0.3) is 0 Å². The highest BCUT2D eigenvalue weighted by Crippen LogP contribution is 2.68. The van der Waals surface area contributed by atoms with Crippen LogP contribution >= 0.6 is 0 Å². The van der Waals surface area contributed by atoms with Gasteiger partial charge < -0.3 is 9.84 Å². The van der Waals surface area contributed by atoms with Crippen molar-refractivity contribution in [2.75, 3.05) is 6.61 Å². The van der Waals surface area contributed by atoms with Gasteiger partial charge in [-0.3, -0.25) is 9.59 Å². The lowest BCUT2D eigenvalue weighted by Crippen LogP contribution is -2.56. The molecule has 0 aromatic carbocycles. The van der Waals surface area contributed by atoms with E-state index in [-0.39, 0.29) is 16.8 Å². The fourth-order valence-corrected chi connectivity index (χ4v) is 8.29. The highest BCUT2D eigenvalue weighted by Gasteiger charge is 2.64. The Labute approximate surface area is 188 Å². The van der Waals surface area contributed by atoms with E-state index in [9.17, 15) is 14.7 Å². The molecule has 4 aliphatic carbocycles. The normalized spacial score (nSPS) is 44.2. The van der Waals surface area contributed by atoms with Gasteiger partial charge in [-0.2, -0.15) is 0 Å². The van der Waals surface area contributed by atoms with E-state index in [0.717, 1.165) is 57.8 Å². The van der Waals surface area contributed by atoms with Crippen LogP contribution in [-0.2, 0) is 14.3 Å². The van der Waals surface area contributed by atoms with Gasteiger partial charge in [0.25, 0.3) is 0 Å². The van der Waals surface area contributed by atoms with Crippen LogP contribution in [0.2, 0.25) is 0 Å². The Hall–Kier alpha value is -1.16. The van der Waals surface area contributed by atoms with Crippen LogP contribution in [0.5, 0.6) is 0 Å². The lowest BCUT2D eigenvalue weighted by molar-refractivity contribution is -0.148. The fraction of sp³-hybridized carbons (Fsp3) is 0.852. The van der Waals surface area contributed by atoms with Crippen molar-refractivity contribution >= 4 is 11.8 Å². The number of hydrogen-bond donors (Lipinski definition) is 1. The minimum absolute atomic E-state index is 0.0487. The van der Waals surface area contributed by atoms with Gasteiger partial charge >= 0.3 is 5.97 Å². The number of esters is 1. The van der Waals surface area contributed by atoms with Crippen molar-refractivity contribution in [2.45, 2.75) is 104 Å². The smallest absolute Gasteiger partial charge is 0.305 e. The fourth-order valence-electron chi connectivity index (χ4n) is 8.29. The molecule has 0 saturated heterocycles. The molecule has 0 aromatic rings. The summed E-state index contributed by atoms with van der Waals surface area (Å²) < 4.78 is 5.35. The second kappa shape index (κ2) is 8.32. The minimum atomic E-state index is -0.648. The molecule has 174 valence electrons. The molecule has 2 unspecified atom stereocenters. The second-order valence-electron chi connectivity index (χ2n) is 11.5. The highest BCUT2D eigenvalue weighted by molar-refractivity contribution is 5.92. The zero-order valence-electron chi connectivity index (χ0n) is 20.0. The maximum absolute atomic E-state index is 12.2. The topological polar surface area (TPSA) is 63.6 Å². The van der Waals surface area contributed by atoms with Crippen LogP contribution in [0.1, 0.15) is 98.3 Å². The lowest BCUT2D eigenvalue weighted by Gasteiger charge is -2.60. The number of fused-ring (bicyclic) bond motifs is 5. The number of ketones is 1. The minimum Gasteiger partial charge on any atom is -0.466 e. The summed E-state index contributed by atoms with van der Waals surface area (Å²) in [7, 11) is 0. The second-order valence-corrected chi connectivity index (χ2v) is 11.5. The molecular weight excluding hydrogens is 388 g/mol. The Bertz CT molecular complexity index is 756. The predicted molar refractivity (Wildman–Crippen MR) is 121 cm³/mol. The van der Waals surface area contributed by atoms with Gasteiger partial charge in [0.2, 0.25) is 0 Å². The van der Waals surface area contributed by atoms with E-state index in [1.165, 1.54) is 5.57 Å². The summed E-state index contributed by atoms with van der Waals surface area (Å²) in [5, 5.41) is 11.8. The molecule has 4 nitrogen and oxygen atoms in total. The molecule has 0 aliphatic heterocycles. The van der Waals surface area contributed by atoms with E-state index in [2.05, 4.69) is 20.8 Å². The summed E-state index contributed by atoms with van der Waals surface area (Å²) in [5.74, 6) is 2.44. The largest absolute Gasteiger partial charge is 0.466 e. The lowest BCUT2D eigenvalue weighted by atomic mass is 9.44. The van der Waals surface area contributed by atoms with Crippen molar-refractivity contribution in [3.8, 4) is 0 Å². The van der Waals surface area contributed by atoms with Crippen LogP contribution in [0.15, 0.2) is 11.6 Å². The van der Waals surface area contributed by atoms with Crippen molar-refractivity contribution in [2.24, 2.45) is 34.5 Å². The first-order valence-electron chi connectivity index (χ1n) is 12.8. The van der Waals surface area contributed by atoms with Crippen molar-refractivity contribution < 1.29 is 19.4 Å². The zero-order valence-corrected chi connectivity index (χ0v) is 20.0. The first kappa shape index (κ1) is 23.0. The van der Waals surface area contributed by atoms with Gasteiger partial charge in [-0.05, 0) is 98.4 Å². The number of allylic oxidation sites excluding steroid dienone is 1. The molecule has 0 radical (unpaired) electrons. The molecule has 4 heteroatoms. The maximum atomic E-state index is 12.2. The van der Waals surface area contributed by atoms with Gasteiger partial charge in [-0.25, -0.2) is 0 Å². The highest BCUT2D eigenvalue weighted by atomic mass is 16.5. The van der Waals surface area contributed by atoms with Crippen LogP contribution in [-0.4, -0.2) is 29.1 Å². The van der Waals surface area contributed by atoms with Crippen LogP contribution in [0.4, 0.5) is 0 Å². The molecule has 0 aromatic heterocycles. The Morgan fingerprint density at radius 2 is 1.94 bits per heavy atom. The Kier molecular flexibility index (Phi) is 6.17. The van der Waals surface area contributed by atoms with Crippen LogP contribution in [0, 0.1) is 34.5 Å². The molecule has 3 saturated carbocycles. The first-order valence-corrected chi connectivity index (χ1v) is 12.8. The number of ether oxygens (including phenoxy) is 1. The molecular formula is C27H42O4. The average molecular weight is 431 g/mol. The first-order chi connectivity index (χ1) is 14.7. The summed E-state index contributed by atoms with van der Waals surface area (Å²) in [4.78, 5) is 23.9. The Balaban J connectivity index is 1.47. The van der Waals surface area contributed by atoms with Crippen molar-refractivity contribution in [3.05, 3.63) is 11.6 Å².